The molecule has 1 amide bonds. The smallest absolute Gasteiger partial charge is 0.358 e. The number of alkyl halides is 3. The van der Waals surface area contributed by atoms with E-state index in [1.807, 2.05) is 6.08 Å². The Labute approximate surface area is 197 Å². The fourth-order valence-electron chi connectivity index (χ4n) is 4.00. The summed E-state index contributed by atoms with van der Waals surface area (Å²) in [5.41, 5.74) is 0.439. The third-order valence-electron chi connectivity index (χ3n) is 6.19. The maximum Gasteiger partial charge on any atom is 0.401 e. The Hall–Kier alpha value is -3.82. The molecule has 1 aromatic carbocycles. The van der Waals surface area contributed by atoms with Crippen LogP contribution in [0.15, 0.2) is 65.0 Å². The van der Waals surface area contributed by atoms with Crippen LogP contribution in [0.2, 0.25) is 0 Å². The lowest BCUT2D eigenvalue weighted by molar-refractivity contribution is -0.165. The van der Waals surface area contributed by atoms with E-state index in [2.05, 4.69) is 32.6 Å². The lowest BCUT2D eigenvalue weighted by Crippen LogP contribution is -2.28. The minimum Gasteiger partial charge on any atom is -0.358 e. The Kier molecular flexibility index (Phi) is 5.74. The second-order valence-electron chi connectivity index (χ2n) is 8.67. The van der Waals surface area contributed by atoms with Crippen LogP contribution in [0, 0.1) is 5.82 Å². The number of anilines is 1. The molecular formula is C25H20F4N4O2. The zero-order valence-electron chi connectivity index (χ0n) is 18.4. The molecule has 5 rings (SSSR count). The molecule has 1 saturated carbocycles. The van der Waals surface area contributed by atoms with Crippen molar-refractivity contribution in [3.8, 4) is 11.1 Å². The number of carbonyl (C=O) groups is 1. The van der Waals surface area contributed by atoms with Crippen molar-refractivity contribution in [3.05, 3.63) is 83.4 Å². The Morgan fingerprint density at radius 1 is 1.11 bits per heavy atom. The van der Waals surface area contributed by atoms with Gasteiger partial charge in [0.1, 0.15) is 17.1 Å². The molecule has 2 aliphatic carbocycles. The van der Waals surface area contributed by atoms with Crippen LogP contribution in [0.4, 0.5) is 23.4 Å². The van der Waals surface area contributed by atoms with Gasteiger partial charge in [-0.1, -0.05) is 35.5 Å². The summed E-state index contributed by atoms with van der Waals surface area (Å²) in [6.07, 6.45) is 6.06. The SMILES string of the molecule is O=C(Cc1ccc(-c2cnc(CC3=CCC=C3)nc2)cc1F)Nc1cc(C2(C(F)(F)F)CC2)on1. The zero-order valence-corrected chi connectivity index (χ0v) is 18.4. The topological polar surface area (TPSA) is 80.9 Å². The number of halogens is 4. The molecule has 35 heavy (non-hydrogen) atoms. The number of benzene rings is 1. The summed E-state index contributed by atoms with van der Waals surface area (Å²) in [6, 6.07) is 5.49. The van der Waals surface area contributed by atoms with Crippen molar-refractivity contribution < 1.29 is 26.9 Å². The first kappa shape index (κ1) is 22.9. The standard InChI is InChI=1S/C25H20F4N4O2/c26-19-10-16(18-13-30-21(31-14-18)9-15-3-1-2-4-15)5-6-17(19)11-23(34)32-22-12-20(35-33-22)24(7-8-24)25(27,28)29/h1,3-6,10,12-14H,2,7-9,11H2,(H,32,33,34). The van der Waals surface area contributed by atoms with Gasteiger partial charge in [-0.15, -0.1) is 0 Å². The molecule has 0 saturated heterocycles. The van der Waals surface area contributed by atoms with E-state index in [9.17, 15) is 22.4 Å². The Balaban J connectivity index is 1.22. The molecule has 0 unspecified atom stereocenters. The highest BCUT2D eigenvalue weighted by Gasteiger charge is 2.66. The fourth-order valence-corrected chi connectivity index (χ4v) is 4.00. The maximum atomic E-state index is 14.7. The highest BCUT2D eigenvalue weighted by molar-refractivity contribution is 5.91. The minimum atomic E-state index is -4.45. The molecule has 0 aliphatic heterocycles. The Morgan fingerprint density at radius 2 is 1.89 bits per heavy atom. The highest BCUT2D eigenvalue weighted by atomic mass is 19.4. The van der Waals surface area contributed by atoms with E-state index < -0.39 is 23.3 Å². The average Bonchev–Trinajstić information content (AvgIpc) is 3.25. The van der Waals surface area contributed by atoms with Crippen LogP contribution in [-0.2, 0) is 23.1 Å². The molecule has 1 fully saturated rings. The molecular weight excluding hydrogens is 464 g/mol. The average molecular weight is 484 g/mol. The summed E-state index contributed by atoms with van der Waals surface area (Å²) in [5, 5.41) is 5.88. The maximum absolute atomic E-state index is 14.7. The van der Waals surface area contributed by atoms with Gasteiger partial charge < -0.3 is 9.84 Å². The first-order chi connectivity index (χ1) is 16.7. The number of amides is 1. The van der Waals surface area contributed by atoms with E-state index in [0.29, 0.717) is 23.4 Å². The highest BCUT2D eigenvalue weighted by Crippen LogP contribution is 2.59. The van der Waals surface area contributed by atoms with Crippen molar-refractivity contribution >= 4 is 11.7 Å². The van der Waals surface area contributed by atoms with E-state index in [1.54, 1.807) is 18.5 Å². The fraction of sp³-hybridized carbons (Fsp3) is 0.280. The van der Waals surface area contributed by atoms with Crippen molar-refractivity contribution in [3.63, 3.8) is 0 Å². The van der Waals surface area contributed by atoms with Crippen LogP contribution in [-0.4, -0.2) is 27.2 Å². The number of nitrogens with zero attached hydrogens (tertiary/aromatic N) is 3. The largest absolute Gasteiger partial charge is 0.401 e. The summed E-state index contributed by atoms with van der Waals surface area (Å²) in [5.74, 6) is -1.03. The number of carbonyl (C=O) groups excluding carboxylic acids is 1. The third kappa shape index (κ3) is 4.73. The molecule has 2 heterocycles. The predicted octanol–water partition coefficient (Wildman–Crippen LogP) is 5.47. The monoisotopic (exact) mass is 484 g/mol. The van der Waals surface area contributed by atoms with E-state index in [-0.39, 0.29) is 36.4 Å². The predicted molar refractivity (Wildman–Crippen MR) is 119 cm³/mol. The second-order valence-corrected chi connectivity index (χ2v) is 8.67. The molecule has 6 nitrogen and oxygen atoms in total. The normalized spacial score (nSPS) is 16.3. The van der Waals surface area contributed by atoms with Gasteiger partial charge in [-0.25, -0.2) is 14.4 Å². The Bertz CT molecular complexity index is 1320. The molecule has 0 bridgehead atoms. The van der Waals surface area contributed by atoms with E-state index in [1.165, 1.54) is 12.1 Å². The Morgan fingerprint density at radius 3 is 2.51 bits per heavy atom. The molecule has 3 aromatic rings. The zero-order chi connectivity index (χ0) is 24.6. The lowest BCUT2D eigenvalue weighted by atomic mass is 10.0. The molecule has 10 heteroatoms. The minimum absolute atomic E-state index is 0.0835. The number of allylic oxidation sites excluding steroid dienone is 4. The van der Waals surface area contributed by atoms with Gasteiger partial charge in [0.05, 0.1) is 6.42 Å². The molecule has 180 valence electrons. The van der Waals surface area contributed by atoms with Gasteiger partial charge in [0.25, 0.3) is 0 Å². The summed E-state index contributed by atoms with van der Waals surface area (Å²) in [6.45, 7) is 0. The molecule has 0 radical (unpaired) electrons. The number of hydrogen-bond acceptors (Lipinski definition) is 5. The lowest BCUT2D eigenvalue weighted by Gasteiger charge is -2.14. The van der Waals surface area contributed by atoms with Gasteiger partial charge in [0.15, 0.2) is 11.6 Å². The van der Waals surface area contributed by atoms with Crippen molar-refractivity contribution in [2.45, 2.75) is 43.7 Å². The van der Waals surface area contributed by atoms with Crippen LogP contribution in [0.3, 0.4) is 0 Å². The van der Waals surface area contributed by atoms with Crippen LogP contribution in [0.1, 0.15) is 36.4 Å². The molecule has 1 N–H and O–H groups in total. The summed E-state index contributed by atoms with van der Waals surface area (Å²) in [7, 11) is 0. The van der Waals surface area contributed by atoms with E-state index >= 15 is 0 Å². The summed E-state index contributed by atoms with van der Waals surface area (Å²) in [4.78, 5) is 21.0. The van der Waals surface area contributed by atoms with Gasteiger partial charge in [0, 0.05) is 30.4 Å². The van der Waals surface area contributed by atoms with Crippen molar-refractivity contribution in [2.75, 3.05) is 5.32 Å². The quantitative estimate of drug-likeness (QED) is 0.450. The summed E-state index contributed by atoms with van der Waals surface area (Å²) >= 11 is 0. The number of aromatic nitrogens is 3. The van der Waals surface area contributed by atoms with Gasteiger partial charge in [-0.3, -0.25) is 4.79 Å². The molecule has 2 aromatic heterocycles. The van der Waals surface area contributed by atoms with E-state index in [0.717, 1.165) is 18.1 Å². The van der Waals surface area contributed by atoms with Crippen LogP contribution in [0.5, 0.6) is 0 Å². The van der Waals surface area contributed by atoms with Crippen molar-refractivity contribution in [1.29, 1.82) is 0 Å². The first-order valence-corrected chi connectivity index (χ1v) is 11.0. The van der Waals surface area contributed by atoms with Crippen molar-refractivity contribution in [2.24, 2.45) is 0 Å². The summed E-state index contributed by atoms with van der Waals surface area (Å²) < 4.78 is 59.2. The molecule has 2 aliphatic rings. The van der Waals surface area contributed by atoms with Crippen molar-refractivity contribution in [1.82, 2.24) is 15.1 Å². The second kappa shape index (κ2) is 8.75. The molecule has 0 spiro atoms. The van der Waals surface area contributed by atoms with Crippen LogP contribution >= 0.6 is 0 Å². The number of hydrogen-bond donors (Lipinski definition) is 1. The number of rotatable bonds is 7. The van der Waals surface area contributed by atoms with Crippen LogP contribution < -0.4 is 5.32 Å². The van der Waals surface area contributed by atoms with Crippen LogP contribution in [0.25, 0.3) is 11.1 Å². The molecule has 0 atom stereocenters. The van der Waals surface area contributed by atoms with Gasteiger partial charge in [-0.2, -0.15) is 13.2 Å². The third-order valence-corrected chi connectivity index (χ3v) is 6.19. The van der Waals surface area contributed by atoms with Gasteiger partial charge in [0.2, 0.25) is 5.91 Å². The number of nitrogens with one attached hydrogen (secondary N) is 1. The van der Waals surface area contributed by atoms with Gasteiger partial charge in [-0.05, 0) is 42.0 Å². The first-order valence-electron chi connectivity index (χ1n) is 11.0. The van der Waals surface area contributed by atoms with E-state index in [4.69, 9.17) is 4.52 Å². The van der Waals surface area contributed by atoms with Gasteiger partial charge >= 0.3 is 6.18 Å².